The van der Waals surface area contributed by atoms with Crippen LogP contribution in [0.3, 0.4) is 0 Å². The van der Waals surface area contributed by atoms with Crippen LogP contribution >= 0.6 is 11.3 Å². The molecule has 128 valence electrons. The number of fused-ring (bicyclic) bond motifs is 1. The van der Waals surface area contributed by atoms with Crippen molar-refractivity contribution in [1.29, 1.82) is 0 Å². The van der Waals surface area contributed by atoms with Crippen molar-refractivity contribution in [2.75, 3.05) is 26.3 Å². The van der Waals surface area contributed by atoms with Crippen LogP contribution in [0.1, 0.15) is 16.5 Å². The normalized spacial score (nSPS) is 26.6. The molecule has 2 aromatic rings. The molecule has 7 heteroatoms. The monoisotopic (exact) mass is 347 g/mol. The number of aromatic nitrogens is 1. The Bertz CT molecular complexity index is 714. The van der Waals surface area contributed by atoms with Gasteiger partial charge in [0.1, 0.15) is 10.8 Å². The van der Waals surface area contributed by atoms with E-state index in [-0.39, 0.29) is 11.8 Å². The Labute approximate surface area is 144 Å². The first kappa shape index (κ1) is 15.8. The zero-order valence-corrected chi connectivity index (χ0v) is 14.5. The van der Waals surface area contributed by atoms with Crippen LogP contribution in [0, 0.1) is 18.3 Å². The lowest BCUT2D eigenvalue weighted by Crippen LogP contribution is -2.46. The van der Waals surface area contributed by atoms with E-state index in [1.807, 2.05) is 19.1 Å². The Hall–Kier alpha value is -1.70. The summed E-state index contributed by atoms with van der Waals surface area (Å²) < 4.78 is 10.9. The molecule has 2 saturated heterocycles. The average Bonchev–Trinajstić information content (AvgIpc) is 3.29. The van der Waals surface area contributed by atoms with E-state index in [1.165, 1.54) is 0 Å². The Morgan fingerprint density at radius 1 is 1.58 bits per heavy atom. The SMILES string of the molecule is Cc1csc(CN2C[C@H]3COC[C@@]3(C(=O)NCc3ccco3)C2)n1. The molecule has 0 aliphatic carbocycles. The molecule has 24 heavy (non-hydrogen) atoms. The van der Waals surface area contributed by atoms with Crippen molar-refractivity contribution in [2.45, 2.75) is 20.0 Å². The van der Waals surface area contributed by atoms with Crippen LogP contribution in [0.4, 0.5) is 0 Å². The quantitative estimate of drug-likeness (QED) is 0.893. The number of ether oxygens (including phenoxy) is 1. The van der Waals surface area contributed by atoms with E-state index in [1.54, 1.807) is 17.6 Å². The van der Waals surface area contributed by atoms with E-state index in [9.17, 15) is 4.79 Å². The van der Waals surface area contributed by atoms with E-state index < -0.39 is 5.41 Å². The highest BCUT2D eigenvalue weighted by molar-refractivity contribution is 7.09. The summed E-state index contributed by atoms with van der Waals surface area (Å²) >= 11 is 1.68. The Kier molecular flexibility index (Phi) is 4.15. The van der Waals surface area contributed by atoms with Gasteiger partial charge in [-0.2, -0.15) is 0 Å². The lowest BCUT2D eigenvalue weighted by Gasteiger charge is -2.25. The highest BCUT2D eigenvalue weighted by Gasteiger charge is 2.55. The van der Waals surface area contributed by atoms with E-state index in [0.29, 0.717) is 19.8 Å². The van der Waals surface area contributed by atoms with Gasteiger partial charge in [0.2, 0.25) is 5.91 Å². The number of carbonyl (C=O) groups is 1. The van der Waals surface area contributed by atoms with Crippen molar-refractivity contribution in [3.8, 4) is 0 Å². The second kappa shape index (κ2) is 6.31. The molecule has 1 amide bonds. The molecule has 2 aromatic heterocycles. The number of hydrogen-bond donors (Lipinski definition) is 1. The molecule has 0 unspecified atom stereocenters. The lowest BCUT2D eigenvalue weighted by atomic mass is 9.80. The number of nitrogens with one attached hydrogen (secondary N) is 1. The van der Waals surface area contributed by atoms with Crippen molar-refractivity contribution < 1.29 is 13.9 Å². The maximum atomic E-state index is 12.9. The number of thiazole rings is 1. The van der Waals surface area contributed by atoms with E-state index in [0.717, 1.165) is 36.1 Å². The number of furan rings is 1. The molecule has 2 aliphatic heterocycles. The smallest absolute Gasteiger partial charge is 0.230 e. The number of amides is 1. The molecular formula is C17H21N3O3S. The number of nitrogens with zero attached hydrogens (tertiary/aromatic N) is 2. The van der Waals surface area contributed by atoms with E-state index >= 15 is 0 Å². The van der Waals surface area contributed by atoms with Gasteiger partial charge in [0.25, 0.3) is 0 Å². The summed E-state index contributed by atoms with van der Waals surface area (Å²) in [6.07, 6.45) is 1.62. The first-order valence-electron chi connectivity index (χ1n) is 8.17. The van der Waals surface area contributed by atoms with Crippen molar-refractivity contribution in [2.24, 2.45) is 11.3 Å². The van der Waals surface area contributed by atoms with Crippen molar-refractivity contribution in [3.05, 3.63) is 40.2 Å². The Balaban J connectivity index is 1.43. The predicted octanol–water partition coefficient (Wildman–Crippen LogP) is 1.81. The fraction of sp³-hybridized carbons (Fsp3) is 0.529. The summed E-state index contributed by atoms with van der Waals surface area (Å²) in [4.78, 5) is 19.7. The third kappa shape index (κ3) is 2.87. The minimum absolute atomic E-state index is 0.0687. The molecule has 0 spiro atoms. The van der Waals surface area contributed by atoms with Crippen LogP contribution in [-0.2, 0) is 22.6 Å². The van der Waals surface area contributed by atoms with E-state index in [2.05, 4.69) is 20.6 Å². The number of aryl methyl sites for hydroxylation is 1. The minimum Gasteiger partial charge on any atom is -0.467 e. The molecule has 0 aromatic carbocycles. The topological polar surface area (TPSA) is 67.6 Å². The molecule has 2 atom stereocenters. The number of likely N-dealkylation sites (tertiary alicyclic amines) is 1. The van der Waals surface area contributed by atoms with Crippen LogP contribution < -0.4 is 5.32 Å². The highest BCUT2D eigenvalue weighted by atomic mass is 32.1. The van der Waals surface area contributed by atoms with Crippen LogP contribution in [0.2, 0.25) is 0 Å². The second-order valence-corrected chi connectivity index (χ2v) is 7.63. The molecule has 6 nitrogen and oxygen atoms in total. The predicted molar refractivity (Wildman–Crippen MR) is 89.4 cm³/mol. The van der Waals surface area contributed by atoms with E-state index in [4.69, 9.17) is 9.15 Å². The lowest BCUT2D eigenvalue weighted by molar-refractivity contribution is -0.132. The van der Waals surface area contributed by atoms with Gasteiger partial charge in [-0.25, -0.2) is 4.98 Å². The number of rotatable bonds is 5. The largest absolute Gasteiger partial charge is 0.467 e. The number of carbonyl (C=O) groups excluding carboxylic acids is 1. The molecule has 4 rings (SSSR count). The third-order valence-corrected chi connectivity index (χ3v) is 5.88. The first-order chi connectivity index (χ1) is 11.7. The van der Waals surface area contributed by atoms with Crippen molar-refractivity contribution in [3.63, 3.8) is 0 Å². The van der Waals surface area contributed by atoms with Gasteiger partial charge in [0, 0.05) is 30.1 Å². The van der Waals surface area contributed by atoms with Gasteiger partial charge < -0.3 is 14.5 Å². The van der Waals surface area contributed by atoms with Crippen LogP contribution in [0.25, 0.3) is 0 Å². The standard InChI is InChI=1S/C17H21N3O3S/c1-12-9-24-15(19-12)7-20-6-13-8-22-11-17(13,10-20)16(21)18-5-14-3-2-4-23-14/h2-4,9,13H,5-8,10-11H2,1H3,(H,18,21)/t13-,17-/m0/s1. The zero-order chi connectivity index (χ0) is 16.6. The van der Waals surface area contributed by atoms with Gasteiger partial charge in [0.15, 0.2) is 0 Å². The van der Waals surface area contributed by atoms with Crippen LogP contribution in [0.15, 0.2) is 28.2 Å². The van der Waals surface area contributed by atoms with Gasteiger partial charge in [-0.3, -0.25) is 9.69 Å². The maximum absolute atomic E-state index is 12.9. The molecule has 0 bridgehead atoms. The van der Waals surface area contributed by atoms with Gasteiger partial charge in [-0.1, -0.05) is 0 Å². The summed E-state index contributed by atoms with van der Waals surface area (Å²) in [5.74, 6) is 1.08. The minimum atomic E-state index is -0.446. The number of hydrogen-bond acceptors (Lipinski definition) is 6. The molecule has 2 fully saturated rings. The maximum Gasteiger partial charge on any atom is 0.230 e. The van der Waals surface area contributed by atoms with Crippen molar-refractivity contribution >= 4 is 17.2 Å². The highest BCUT2D eigenvalue weighted by Crippen LogP contribution is 2.42. The van der Waals surface area contributed by atoms with Gasteiger partial charge in [-0.15, -0.1) is 11.3 Å². The molecule has 0 radical (unpaired) electrons. The molecular weight excluding hydrogens is 326 g/mol. The van der Waals surface area contributed by atoms with Gasteiger partial charge >= 0.3 is 0 Å². The molecule has 2 aliphatic rings. The summed E-state index contributed by atoms with van der Waals surface area (Å²) in [7, 11) is 0. The summed E-state index contributed by atoms with van der Waals surface area (Å²) in [5, 5.41) is 6.21. The first-order valence-corrected chi connectivity index (χ1v) is 9.05. The van der Waals surface area contributed by atoms with Crippen LogP contribution in [-0.4, -0.2) is 42.1 Å². The van der Waals surface area contributed by atoms with Gasteiger partial charge in [0.05, 0.1) is 38.0 Å². The summed E-state index contributed by atoms with van der Waals surface area (Å²) in [5.41, 5.74) is 0.613. The summed E-state index contributed by atoms with van der Waals surface area (Å²) in [6.45, 7) is 5.99. The zero-order valence-electron chi connectivity index (χ0n) is 13.7. The average molecular weight is 347 g/mol. The fourth-order valence-corrected chi connectivity index (χ4v) is 4.52. The third-order valence-electron chi connectivity index (χ3n) is 4.93. The molecule has 1 N–H and O–H groups in total. The Morgan fingerprint density at radius 2 is 2.50 bits per heavy atom. The fourth-order valence-electron chi connectivity index (χ4n) is 3.70. The second-order valence-electron chi connectivity index (χ2n) is 6.68. The van der Waals surface area contributed by atoms with Crippen molar-refractivity contribution in [1.82, 2.24) is 15.2 Å². The Morgan fingerprint density at radius 3 is 3.25 bits per heavy atom. The van der Waals surface area contributed by atoms with Crippen LogP contribution in [0.5, 0.6) is 0 Å². The van der Waals surface area contributed by atoms with Gasteiger partial charge in [-0.05, 0) is 19.1 Å². The molecule has 0 saturated carbocycles. The summed E-state index contributed by atoms with van der Waals surface area (Å²) in [6, 6.07) is 3.70. The molecule has 4 heterocycles.